The molecule has 0 saturated heterocycles. The van der Waals surface area contributed by atoms with Gasteiger partial charge in [0.2, 0.25) is 0 Å². The monoisotopic (exact) mass is 261 g/mol. The molecule has 0 spiro atoms. The van der Waals surface area contributed by atoms with Crippen LogP contribution in [-0.2, 0) is 7.05 Å². The highest BCUT2D eigenvalue weighted by Gasteiger charge is 2.16. The molecule has 0 saturated carbocycles. The van der Waals surface area contributed by atoms with Crippen molar-refractivity contribution >= 4 is 11.8 Å². The topological polar surface area (TPSA) is 43.8 Å². The summed E-state index contributed by atoms with van der Waals surface area (Å²) in [5.74, 6) is 2.29. The van der Waals surface area contributed by atoms with Crippen molar-refractivity contribution in [3.8, 4) is 0 Å². The lowest BCUT2D eigenvalue weighted by molar-refractivity contribution is 0.698. The van der Waals surface area contributed by atoms with Crippen molar-refractivity contribution in [3.05, 3.63) is 48.0 Å². The molecule has 1 heterocycles. The van der Waals surface area contributed by atoms with E-state index in [-0.39, 0.29) is 5.92 Å². The fraction of sp³-hybridized carbons (Fsp3) is 0.357. The summed E-state index contributed by atoms with van der Waals surface area (Å²) in [4.78, 5) is 5.70. The first-order valence-corrected chi connectivity index (χ1v) is 7.14. The fourth-order valence-corrected chi connectivity index (χ4v) is 2.73. The Kier molecular flexibility index (Phi) is 4.44. The number of hydrogen-bond donors (Lipinski definition) is 1. The van der Waals surface area contributed by atoms with Gasteiger partial charge in [-0.15, -0.1) is 11.8 Å². The van der Waals surface area contributed by atoms with Crippen LogP contribution in [0.15, 0.2) is 41.6 Å². The summed E-state index contributed by atoms with van der Waals surface area (Å²) < 4.78 is 2.03. The van der Waals surface area contributed by atoms with E-state index in [1.54, 1.807) is 0 Å². The molecule has 18 heavy (non-hydrogen) atoms. The van der Waals surface area contributed by atoms with E-state index in [0.717, 1.165) is 11.6 Å². The Hall–Kier alpha value is -1.26. The second-order valence-corrected chi connectivity index (χ2v) is 5.52. The zero-order valence-corrected chi connectivity index (χ0v) is 11.7. The standard InChI is InChI=1S/C14H19N3S/c1-3-18-12-6-4-11(5-7-12)13(10-15)14-16-8-9-17(14)2/h4-9,13H,3,10,15H2,1-2H3. The van der Waals surface area contributed by atoms with Gasteiger partial charge in [0, 0.05) is 30.9 Å². The van der Waals surface area contributed by atoms with Gasteiger partial charge >= 0.3 is 0 Å². The van der Waals surface area contributed by atoms with Crippen LogP contribution in [0.4, 0.5) is 0 Å². The Morgan fingerprint density at radius 2 is 2.06 bits per heavy atom. The quantitative estimate of drug-likeness (QED) is 0.841. The maximum Gasteiger partial charge on any atom is 0.117 e. The number of hydrogen-bond acceptors (Lipinski definition) is 3. The van der Waals surface area contributed by atoms with Gasteiger partial charge in [-0.05, 0) is 23.4 Å². The van der Waals surface area contributed by atoms with Gasteiger partial charge in [0.25, 0.3) is 0 Å². The van der Waals surface area contributed by atoms with Crippen LogP contribution in [0.3, 0.4) is 0 Å². The van der Waals surface area contributed by atoms with Gasteiger partial charge in [-0.1, -0.05) is 19.1 Å². The van der Waals surface area contributed by atoms with E-state index < -0.39 is 0 Å². The van der Waals surface area contributed by atoms with Crippen molar-refractivity contribution in [1.29, 1.82) is 0 Å². The Bertz CT molecular complexity index is 490. The number of nitrogens with zero attached hydrogens (tertiary/aromatic N) is 2. The molecule has 0 aliphatic rings. The van der Waals surface area contributed by atoms with Crippen LogP contribution in [-0.4, -0.2) is 21.8 Å². The lowest BCUT2D eigenvalue weighted by Gasteiger charge is -2.15. The van der Waals surface area contributed by atoms with Crippen LogP contribution in [0.5, 0.6) is 0 Å². The highest BCUT2D eigenvalue weighted by atomic mass is 32.2. The van der Waals surface area contributed by atoms with Gasteiger partial charge < -0.3 is 10.3 Å². The Morgan fingerprint density at radius 1 is 1.33 bits per heavy atom. The number of nitrogens with two attached hydrogens (primary N) is 1. The van der Waals surface area contributed by atoms with Crippen LogP contribution < -0.4 is 5.73 Å². The summed E-state index contributed by atoms with van der Waals surface area (Å²) in [7, 11) is 2.01. The number of imidazole rings is 1. The minimum Gasteiger partial charge on any atom is -0.337 e. The van der Waals surface area contributed by atoms with Crippen molar-refractivity contribution in [1.82, 2.24) is 9.55 Å². The maximum atomic E-state index is 5.90. The second kappa shape index (κ2) is 6.07. The molecule has 0 amide bonds. The zero-order chi connectivity index (χ0) is 13.0. The summed E-state index contributed by atoms with van der Waals surface area (Å²) >= 11 is 1.85. The van der Waals surface area contributed by atoms with Gasteiger partial charge in [-0.3, -0.25) is 0 Å². The number of thioether (sulfide) groups is 1. The van der Waals surface area contributed by atoms with Crippen LogP contribution in [0.25, 0.3) is 0 Å². The third-order valence-corrected chi connectivity index (χ3v) is 3.89. The molecule has 0 aliphatic carbocycles. The van der Waals surface area contributed by atoms with Crippen molar-refractivity contribution in [3.63, 3.8) is 0 Å². The van der Waals surface area contributed by atoms with E-state index in [2.05, 4.69) is 36.2 Å². The second-order valence-electron chi connectivity index (χ2n) is 4.19. The van der Waals surface area contributed by atoms with Gasteiger partial charge in [0.1, 0.15) is 5.82 Å². The van der Waals surface area contributed by atoms with E-state index in [1.165, 1.54) is 10.5 Å². The van der Waals surface area contributed by atoms with Crippen molar-refractivity contribution in [2.24, 2.45) is 12.8 Å². The van der Waals surface area contributed by atoms with E-state index in [4.69, 9.17) is 5.73 Å². The molecule has 0 fully saturated rings. The van der Waals surface area contributed by atoms with Crippen LogP contribution in [0.2, 0.25) is 0 Å². The van der Waals surface area contributed by atoms with Crippen molar-refractivity contribution in [2.45, 2.75) is 17.7 Å². The van der Waals surface area contributed by atoms with Crippen LogP contribution in [0.1, 0.15) is 24.2 Å². The summed E-state index contributed by atoms with van der Waals surface area (Å²) in [6.07, 6.45) is 3.78. The van der Waals surface area contributed by atoms with Gasteiger partial charge in [-0.2, -0.15) is 0 Å². The number of aryl methyl sites for hydroxylation is 1. The SMILES string of the molecule is CCSc1ccc(C(CN)c2nccn2C)cc1. The first-order valence-electron chi connectivity index (χ1n) is 6.16. The largest absolute Gasteiger partial charge is 0.337 e. The summed E-state index contributed by atoms with van der Waals surface area (Å²) in [6, 6.07) is 8.64. The molecular weight excluding hydrogens is 242 g/mol. The highest BCUT2D eigenvalue weighted by Crippen LogP contribution is 2.25. The molecule has 2 rings (SSSR count). The summed E-state index contributed by atoms with van der Waals surface area (Å²) in [6.45, 7) is 2.74. The fourth-order valence-electron chi connectivity index (χ4n) is 2.07. The first-order chi connectivity index (χ1) is 8.76. The predicted octanol–water partition coefficient (Wildman–Crippen LogP) is 2.62. The van der Waals surface area contributed by atoms with E-state index in [9.17, 15) is 0 Å². The van der Waals surface area contributed by atoms with Crippen molar-refractivity contribution in [2.75, 3.05) is 12.3 Å². The van der Waals surface area contributed by atoms with Gasteiger partial charge in [-0.25, -0.2) is 4.98 Å². The summed E-state index contributed by atoms with van der Waals surface area (Å²) in [5, 5.41) is 0. The molecule has 0 bridgehead atoms. The molecule has 1 aromatic carbocycles. The minimum atomic E-state index is 0.172. The zero-order valence-electron chi connectivity index (χ0n) is 10.8. The predicted molar refractivity (Wildman–Crippen MR) is 76.9 cm³/mol. The molecule has 1 aromatic heterocycles. The Balaban J connectivity index is 2.25. The molecule has 1 atom stereocenters. The third kappa shape index (κ3) is 2.76. The molecule has 0 radical (unpaired) electrons. The van der Waals surface area contributed by atoms with E-state index in [1.807, 2.05) is 35.8 Å². The lowest BCUT2D eigenvalue weighted by Crippen LogP contribution is -2.17. The number of rotatable bonds is 5. The van der Waals surface area contributed by atoms with Crippen molar-refractivity contribution < 1.29 is 0 Å². The molecule has 96 valence electrons. The molecule has 1 unspecified atom stereocenters. The van der Waals surface area contributed by atoms with Gasteiger partial charge in [0.15, 0.2) is 0 Å². The summed E-state index contributed by atoms with van der Waals surface area (Å²) in [5.41, 5.74) is 7.13. The number of aromatic nitrogens is 2. The minimum absolute atomic E-state index is 0.172. The maximum absolute atomic E-state index is 5.90. The Labute approximate surface area is 112 Å². The highest BCUT2D eigenvalue weighted by molar-refractivity contribution is 7.99. The molecular formula is C14H19N3S. The van der Waals surface area contributed by atoms with E-state index in [0.29, 0.717) is 6.54 Å². The van der Waals surface area contributed by atoms with E-state index >= 15 is 0 Å². The average molecular weight is 261 g/mol. The smallest absolute Gasteiger partial charge is 0.117 e. The molecule has 3 nitrogen and oxygen atoms in total. The van der Waals surface area contributed by atoms with Gasteiger partial charge in [0.05, 0.1) is 5.92 Å². The number of benzene rings is 1. The lowest BCUT2D eigenvalue weighted by atomic mass is 9.98. The first kappa shape index (κ1) is 13.2. The molecule has 0 aliphatic heterocycles. The normalized spacial score (nSPS) is 12.6. The molecule has 4 heteroatoms. The van der Waals surface area contributed by atoms with Crippen LogP contribution in [0, 0.1) is 0 Å². The molecule has 2 aromatic rings. The average Bonchev–Trinajstić information content (AvgIpc) is 2.79. The van der Waals surface area contributed by atoms with Crippen LogP contribution >= 0.6 is 11.8 Å². The Morgan fingerprint density at radius 3 is 2.56 bits per heavy atom. The third-order valence-electron chi connectivity index (χ3n) is 3.00. The molecule has 2 N–H and O–H groups in total.